The molecule has 0 N–H and O–H groups in total. The van der Waals surface area contributed by atoms with E-state index in [0.29, 0.717) is 17.8 Å². The molecule has 2 aromatic rings. The predicted molar refractivity (Wildman–Crippen MR) is 74.6 cm³/mol. The molecular formula is C12H17N3O2S. The van der Waals surface area contributed by atoms with E-state index in [1.807, 2.05) is 37.4 Å². The van der Waals surface area contributed by atoms with Crippen LogP contribution in [-0.2, 0) is 13.1 Å². The summed E-state index contributed by atoms with van der Waals surface area (Å²) in [6.07, 6.45) is 0. The number of likely N-dealkylation sites (N-methyl/N-ethyl adjacent to an activating group) is 1. The number of thiophene rings is 1. The average Bonchev–Trinajstić information content (AvgIpc) is 2.78. The Morgan fingerprint density at radius 3 is 2.61 bits per heavy atom. The number of rotatable bonds is 4. The van der Waals surface area contributed by atoms with Gasteiger partial charge in [-0.15, -0.1) is 11.3 Å². The van der Waals surface area contributed by atoms with Crippen molar-refractivity contribution in [1.82, 2.24) is 14.0 Å². The lowest BCUT2D eigenvalue weighted by Gasteiger charge is -2.14. The molecule has 0 aliphatic rings. The van der Waals surface area contributed by atoms with Gasteiger partial charge in [0.15, 0.2) is 0 Å². The van der Waals surface area contributed by atoms with E-state index in [2.05, 4.69) is 0 Å². The molecule has 0 aliphatic carbocycles. The molecule has 0 fully saturated rings. The lowest BCUT2D eigenvalue weighted by molar-refractivity contribution is 0.379. The van der Waals surface area contributed by atoms with E-state index in [1.165, 1.54) is 15.9 Å². The second kappa shape index (κ2) is 5.07. The molecule has 0 unspecified atom stereocenters. The summed E-state index contributed by atoms with van der Waals surface area (Å²) in [4.78, 5) is 26.4. The van der Waals surface area contributed by atoms with Gasteiger partial charge in [-0.1, -0.05) is 0 Å². The standard InChI is InChI=1S/C12H17N3O2S/c1-4-14-11(16)10-9(5-8-18-10)15(12(14)17)7-6-13(2)3/h5,8H,4,6-7H2,1-3H3. The lowest BCUT2D eigenvalue weighted by atomic mass is 10.4. The highest BCUT2D eigenvalue weighted by molar-refractivity contribution is 7.17. The van der Waals surface area contributed by atoms with Gasteiger partial charge in [-0.3, -0.25) is 13.9 Å². The molecular weight excluding hydrogens is 250 g/mol. The van der Waals surface area contributed by atoms with E-state index >= 15 is 0 Å². The molecule has 0 atom stereocenters. The van der Waals surface area contributed by atoms with Gasteiger partial charge in [0, 0.05) is 19.6 Å². The maximum Gasteiger partial charge on any atom is 0.331 e. The van der Waals surface area contributed by atoms with Crippen molar-refractivity contribution in [2.45, 2.75) is 20.0 Å². The molecule has 0 aromatic carbocycles. The van der Waals surface area contributed by atoms with E-state index in [4.69, 9.17) is 0 Å². The van der Waals surface area contributed by atoms with E-state index in [9.17, 15) is 9.59 Å². The van der Waals surface area contributed by atoms with Crippen LogP contribution in [0.2, 0.25) is 0 Å². The average molecular weight is 267 g/mol. The zero-order valence-corrected chi connectivity index (χ0v) is 11.7. The Kier molecular flexibility index (Phi) is 3.68. The molecule has 18 heavy (non-hydrogen) atoms. The number of hydrogen-bond donors (Lipinski definition) is 0. The van der Waals surface area contributed by atoms with Crippen molar-refractivity contribution < 1.29 is 0 Å². The van der Waals surface area contributed by atoms with Crippen LogP contribution < -0.4 is 11.2 Å². The third kappa shape index (κ3) is 2.13. The summed E-state index contributed by atoms with van der Waals surface area (Å²) in [6, 6.07) is 1.85. The molecule has 0 saturated heterocycles. The van der Waals surface area contributed by atoms with Crippen LogP contribution in [0, 0.1) is 0 Å². The monoisotopic (exact) mass is 267 g/mol. The van der Waals surface area contributed by atoms with Crippen molar-refractivity contribution in [3.63, 3.8) is 0 Å². The summed E-state index contributed by atoms with van der Waals surface area (Å²) in [7, 11) is 3.93. The first-order valence-electron chi connectivity index (χ1n) is 5.91. The molecule has 2 aromatic heterocycles. The number of nitrogens with zero attached hydrogens (tertiary/aromatic N) is 3. The summed E-state index contributed by atoms with van der Waals surface area (Å²) < 4.78 is 3.65. The van der Waals surface area contributed by atoms with Gasteiger partial charge in [-0.25, -0.2) is 4.79 Å². The minimum Gasteiger partial charge on any atom is -0.308 e. The molecule has 2 heterocycles. The SMILES string of the molecule is CCn1c(=O)c2sccc2n(CCN(C)C)c1=O. The zero-order valence-electron chi connectivity index (χ0n) is 10.8. The van der Waals surface area contributed by atoms with Crippen LogP contribution >= 0.6 is 11.3 Å². The number of hydrogen-bond acceptors (Lipinski definition) is 4. The molecule has 2 rings (SSSR count). The van der Waals surface area contributed by atoms with Gasteiger partial charge in [0.25, 0.3) is 5.56 Å². The summed E-state index contributed by atoms with van der Waals surface area (Å²) in [5.41, 5.74) is 0.366. The highest BCUT2D eigenvalue weighted by Crippen LogP contribution is 2.14. The Labute approximate surface area is 109 Å². The summed E-state index contributed by atoms with van der Waals surface area (Å²) in [6.45, 7) is 3.60. The van der Waals surface area contributed by atoms with Crippen molar-refractivity contribution in [2.75, 3.05) is 20.6 Å². The molecule has 6 heteroatoms. The fourth-order valence-corrected chi connectivity index (χ4v) is 2.77. The highest BCUT2D eigenvalue weighted by Gasteiger charge is 2.12. The maximum atomic E-state index is 12.3. The minimum absolute atomic E-state index is 0.173. The van der Waals surface area contributed by atoms with Gasteiger partial charge in [0.2, 0.25) is 0 Å². The maximum absolute atomic E-state index is 12.3. The molecule has 0 aliphatic heterocycles. The normalized spacial score (nSPS) is 11.6. The first kappa shape index (κ1) is 13.0. The van der Waals surface area contributed by atoms with Crippen LogP contribution in [-0.4, -0.2) is 34.7 Å². The van der Waals surface area contributed by atoms with E-state index in [-0.39, 0.29) is 11.2 Å². The molecule has 0 radical (unpaired) electrons. The minimum atomic E-state index is -0.213. The second-order valence-corrected chi connectivity index (χ2v) is 5.34. The molecule has 0 bridgehead atoms. The Morgan fingerprint density at radius 2 is 2.00 bits per heavy atom. The number of fused-ring (bicyclic) bond motifs is 1. The summed E-state index contributed by atoms with van der Waals surface area (Å²) in [5.74, 6) is 0. The van der Waals surface area contributed by atoms with Gasteiger partial charge in [0.1, 0.15) is 4.70 Å². The molecule has 98 valence electrons. The molecule has 0 saturated carbocycles. The van der Waals surface area contributed by atoms with Gasteiger partial charge in [-0.2, -0.15) is 0 Å². The van der Waals surface area contributed by atoms with Crippen molar-refractivity contribution in [1.29, 1.82) is 0 Å². The van der Waals surface area contributed by atoms with E-state index in [0.717, 1.165) is 12.1 Å². The van der Waals surface area contributed by atoms with Crippen LogP contribution in [0.15, 0.2) is 21.0 Å². The van der Waals surface area contributed by atoms with Gasteiger partial charge < -0.3 is 4.90 Å². The van der Waals surface area contributed by atoms with Crippen LogP contribution in [0.25, 0.3) is 10.2 Å². The Balaban J connectivity index is 2.67. The summed E-state index contributed by atoms with van der Waals surface area (Å²) in [5, 5.41) is 1.86. The van der Waals surface area contributed by atoms with Gasteiger partial charge in [-0.05, 0) is 32.5 Å². The highest BCUT2D eigenvalue weighted by atomic mass is 32.1. The first-order chi connectivity index (χ1) is 8.56. The van der Waals surface area contributed by atoms with Crippen LogP contribution in [0.4, 0.5) is 0 Å². The lowest BCUT2D eigenvalue weighted by Crippen LogP contribution is -2.40. The van der Waals surface area contributed by atoms with Gasteiger partial charge in [0.05, 0.1) is 5.52 Å². The topological polar surface area (TPSA) is 47.2 Å². The second-order valence-electron chi connectivity index (χ2n) is 4.42. The Hall–Kier alpha value is -1.40. The molecule has 0 spiro atoms. The molecule has 0 amide bonds. The quantitative estimate of drug-likeness (QED) is 0.823. The molecule has 5 nitrogen and oxygen atoms in total. The van der Waals surface area contributed by atoms with E-state index < -0.39 is 0 Å². The predicted octanol–water partition coefficient (Wildman–Crippen LogP) is 0.806. The van der Waals surface area contributed by atoms with Crippen molar-refractivity contribution >= 4 is 21.6 Å². The number of aromatic nitrogens is 2. The first-order valence-corrected chi connectivity index (χ1v) is 6.79. The largest absolute Gasteiger partial charge is 0.331 e. The smallest absolute Gasteiger partial charge is 0.308 e. The van der Waals surface area contributed by atoms with E-state index in [1.54, 1.807) is 4.57 Å². The summed E-state index contributed by atoms with van der Waals surface area (Å²) >= 11 is 1.39. The fraction of sp³-hybridized carbons (Fsp3) is 0.500. The van der Waals surface area contributed by atoms with Crippen molar-refractivity contribution in [2.24, 2.45) is 0 Å². The zero-order chi connectivity index (χ0) is 13.3. The fourth-order valence-electron chi connectivity index (χ4n) is 1.93. The van der Waals surface area contributed by atoms with Gasteiger partial charge >= 0.3 is 5.69 Å². The van der Waals surface area contributed by atoms with Crippen molar-refractivity contribution in [3.05, 3.63) is 32.3 Å². The Morgan fingerprint density at radius 1 is 1.28 bits per heavy atom. The third-order valence-corrected chi connectivity index (χ3v) is 3.82. The van der Waals surface area contributed by atoms with Crippen molar-refractivity contribution in [3.8, 4) is 0 Å². The van der Waals surface area contributed by atoms with Crippen LogP contribution in [0.5, 0.6) is 0 Å². The van der Waals surface area contributed by atoms with Crippen LogP contribution in [0.1, 0.15) is 6.92 Å². The van der Waals surface area contributed by atoms with Crippen LogP contribution in [0.3, 0.4) is 0 Å². The third-order valence-electron chi connectivity index (χ3n) is 2.92. The Bertz CT molecular complexity index is 666.